The molecule has 0 amide bonds. The molecule has 31 heavy (non-hydrogen) atoms. The van der Waals surface area contributed by atoms with Gasteiger partial charge >= 0.3 is 0 Å². The minimum absolute atomic E-state index is 0.179. The van der Waals surface area contributed by atoms with Gasteiger partial charge in [0.15, 0.2) is 0 Å². The average molecular weight is 585 g/mol. The Hall–Kier alpha value is -0.230. The molecule has 1 aromatic rings. The van der Waals surface area contributed by atoms with Gasteiger partial charge in [-0.1, -0.05) is 47.5 Å². The topological polar surface area (TPSA) is 75.6 Å². The third-order valence-corrected chi connectivity index (χ3v) is 9.18. The molecule has 2 aliphatic rings. The van der Waals surface area contributed by atoms with Crippen molar-refractivity contribution in [1.82, 2.24) is 14.3 Å². The zero-order valence-electron chi connectivity index (χ0n) is 18.3. The lowest BCUT2D eigenvalue weighted by atomic mass is 9.92. The van der Waals surface area contributed by atoms with Crippen LogP contribution < -0.4 is 4.90 Å². The van der Waals surface area contributed by atoms with E-state index in [4.69, 9.17) is 16.3 Å². The van der Waals surface area contributed by atoms with Crippen molar-refractivity contribution in [3.8, 4) is 0 Å². The monoisotopic (exact) mass is 584 g/mol. The average Bonchev–Trinajstić information content (AvgIpc) is 2.78. The van der Waals surface area contributed by atoms with Crippen molar-refractivity contribution >= 4 is 50.2 Å². The molecule has 0 unspecified atom stereocenters. The van der Waals surface area contributed by atoms with E-state index in [0.717, 1.165) is 70.6 Å². The SMILES string of the molecule is CCCCS(=O)(=O)N1CCC(OC[C@H](I)CC2CCN(c3ncc(Cl)cn3)CC2)CC1. The van der Waals surface area contributed by atoms with Gasteiger partial charge in [0.25, 0.3) is 0 Å². The standard InChI is InChI=1S/C21H34ClIN4O3S/c1-2-3-12-31(28,29)27-10-6-20(7-11-27)30-16-19(23)13-17-4-8-26(9-5-17)21-24-14-18(22)15-25-21/h14-15,17,19-20H,2-13,16H2,1H3/t19-/m1/s1. The fourth-order valence-corrected chi connectivity index (χ4v) is 6.94. The van der Waals surface area contributed by atoms with Crippen molar-refractivity contribution in [1.29, 1.82) is 0 Å². The van der Waals surface area contributed by atoms with Gasteiger partial charge in [-0.3, -0.25) is 0 Å². The number of rotatable bonds is 10. The lowest BCUT2D eigenvalue weighted by molar-refractivity contribution is 0.0215. The van der Waals surface area contributed by atoms with E-state index < -0.39 is 10.0 Å². The first-order valence-electron chi connectivity index (χ1n) is 11.3. The number of halogens is 2. The molecule has 0 saturated carbocycles. The molecule has 0 spiro atoms. The van der Waals surface area contributed by atoms with E-state index >= 15 is 0 Å². The van der Waals surface area contributed by atoms with Gasteiger partial charge in [-0.2, -0.15) is 0 Å². The zero-order chi connectivity index (χ0) is 22.3. The van der Waals surface area contributed by atoms with E-state index in [-0.39, 0.29) is 11.9 Å². The quantitative estimate of drug-likeness (QED) is 0.304. The first kappa shape index (κ1) is 25.4. The van der Waals surface area contributed by atoms with Crippen LogP contribution in [0.3, 0.4) is 0 Å². The smallest absolute Gasteiger partial charge is 0.225 e. The Kier molecular flexibility index (Phi) is 10.1. The van der Waals surface area contributed by atoms with Gasteiger partial charge in [-0.05, 0) is 44.4 Å². The van der Waals surface area contributed by atoms with E-state index in [1.807, 2.05) is 6.92 Å². The summed E-state index contributed by atoms with van der Waals surface area (Å²) in [4.78, 5) is 10.9. The molecule has 7 nitrogen and oxygen atoms in total. The number of ether oxygens (including phenoxy) is 1. The summed E-state index contributed by atoms with van der Waals surface area (Å²) in [6.07, 6.45) is 10.2. The summed E-state index contributed by atoms with van der Waals surface area (Å²) in [5, 5.41) is 0.565. The first-order valence-corrected chi connectivity index (χ1v) is 14.6. The summed E-state index contributed by atoms with van der Waals surface area (Å²) in [6, 6.07) is 0. The molecule has 0 radical (unpaired) electrons. The Morgan fingerprint density at radius 1 is 1.16 bits per heavy atom. The maximum absolute atomic E-state index is 12.3. The van der Waals surface area contributed by atoms with E-state index in [0.29, 0.717) is 28.0 Å². The maximum atomic E-state index is 12.3. The lowest BCUT2D eigenvalue weighted by Gasteiger charge is -2.34. The van der Waals surface area contributed by atoms with Crippen LogP contribution in [0.25, 0.3) is 0 Å². The van der Waals surface area contributed by atoms with Gasteiger partial charge < -0.3 is 9.64 Å². The number of sulfonamides is 1. The number of hydrogen-bond donors (Lipinski definition) is 0. The van der Waals surface area contributed by atoms with E-state index in [1.54, 1.807) is 16.7 Å². The molecule has 0 aromatic carbocycles. The lowest BCUT2D eigenvalue weighted by Crippen LogP contribution is -2.42. The second-order valence-corrected chi connectivity index (χ2v) is 12.9. The van der Waals surface area contributed by atoms with Crippen molar-refractivity contribution in [3.05, 3.63) is 17.4 Å². The number of alkyl halides is 1. The normalized spacial score (nSPS) is 20.8. The highest BCUT2D eigenvalue weighted by atomic mass is 127. The summed E-state index contributed by atoms with van der Waals surface area (Å²) in [5.41, 5.74) is 0. The molecule has 0 bridgehead atoms. The van der Waals surface area contributed by atoms with Gasteiger partial charge in [0, 0.05) is 30.1 Å². The number of hydrogen-bond acceptors (Lipinski definition) is 6. The van der Waals surface area contributed by atoms with E-state index in [1.165, 1.54) is 0 Å². The van der Waals surface area contributed by atoms with Gasteiger partial charge in [-0.15, -0.1) is 0 Å². The Bertz CT molecular complexity index is 767. The van der Waals surface area contributed by atoms with Crippen LogP contribution in [0.1, 0.15) is 51.9 Å². The molecule has 0 N–H and O–H groups in total. The largest absolute Gasteiger partial charge is 0.377 e. The second-order valence-electron chi connectivity index (χ2n) is 8.57. The number of anilines is 1. The molecule has 3 rings (SSSR count). The third-order valence-electron chi connectivity index (χ3n) is 6.16. The minimum Gasteiger partial charge on any atom is -0.377 e. The number of nitrogens with zero attached hydrogens (tertiary/aromatic N) is 4. The first-order chi connectivity index (χ1) is 14.9. The summed E-state index contributed by atoms with van der Waals surface area (Å²) >= 11 is 8.38. The van der Waals surface area contributed by atoms with Crippen LogP contribution in [0.15, 0.2) is 12.4 Å². The highest BCUT2D eigenvalue weighted by molar-refractivity contribution is 14.1. The summed E-state index contributed by atoms with van der Waals surface area (Å²) in [5.74, 6) is 1.73. The Labute approximate surface area is 205 Å². The van der Waals surface area contributed by atoms with Gasteiger partial charge in [0.2, 0.25) is 16.0 Å². The van der Waals surface area contributed by atoms with Crippen LogP contribution in [0, 0.1) is 5.92 Å². The second kappa shape index (κ2) is 12.3. The summed E-state index contributed by atoms with van der Waals surface area (Å²) < 4.78 is 33.0. The number of unbranched alkanes of at least 4 members (excludes halogenated alkanes) is 1. The molecule has 1 aromatic heterocycles. The predicted octanol–water partition coefficient (Wildman–Crippen LogP) is 4.15. The summed E-state index contributed by atoms with van der Waals surface area (Å²) in [6.45, 7) is 5.90. The molecule has 1 atom stereocenters. The van der Waals surface area contributed by atoms with E-state index in [2.05, 4.69) is 37.5 Å². The molecule has 2 fully saturated rings. The molecular formula is C21H34ClIN4O3S. The molecular weight excluding hydrogens is 551 g/mol. The van der Waals surface area contributed by atoms with Crippen LogP contribution in [0.4, 0.5) is 5.95 Å². The third kappa shape index (κ3) is 7.94. The van der Waals surface area contributed by atoms with Crippen LogP contribution in [0.2, 0.25) is 5.02 Å². The summed E-state index contributed by atoms with van der Waals surface area (Å²) in [7, 11) is -3.09. The Morgan fingerprint density at radius 2 is 1.81 bits per heavy atom. The molecule has 0 aliphatic carbocycles. The van der Waals surface area contributed by atoms with Crippen LogP contribution in [0.5, 0.6) is 0 Å². The predicted molar refractivity (Wildman–Crippen MR) is 134 cm³/mol. The highest BCUT2D eigenvalue weighted by Gasteiger charge is 2.29. The van der Waals surface area contributed by atoms with Crippen LogP contribution in [-0.2, 0) is 14.8 Å². The van der Waals surface area contributed by atoms with Crippen molar-refractivity contribution in [2.24, 2.45) is 5.92 Å². The van der Waals surface area contributed by atoms with E-state index in [9.17, 15) is 8.42 Å². The highest BCUT2D eigenvalue weighted by Crippen LogP contribution is 2.27. The number of aromatic nitrogens is 2. The molecule has 10 heteroatoms. The Balaban J connectivity index is 1.32. The zero-order valence-corrected chi connectivity index (χ0v) is 22.0. The molecule has 2 saturated heterocycles. The van der Waals surface area contributed by atoms with Gasteiger partial charge in [0.1, 0.15) is 0 Å². The fraction of sp³-hybridized carbons (Fsp3) is 0.810. The number of piperidine rings is 2. The molecule has 176 valence electrons. The van der Waals surface area contributed by atoms with Gasteiger partial charge in [0.05, 0.1) is 35.9 Å². The Morgan fingerprint density at radius 3 is 2.42 bits per heavy atom. The van der Waals surface area contributed by atoms with Crippen molar-refractivity contribution in [2.75, 3.05) is 43.4 Å². The fourth-order valence-electron chi connectivity index (χ4n) is 4.24. The van der Waals surface area contributed by atoms with Crippen LogP contribution >= 0.6 is 34.2 Å². The van der Waals surface area contributed by atoms with Crippen molar-refractivity contribution < 1.29 is 13.2 Å². The van der Waals surface area contributed by atoms with Crippen LogP contribution in [-0.4, -0.2) is 71.3 Å². The van der Waals surface area contributed by atoms with Gasteiger partial charge in [-0.25, -0.2) is 22.7 Å². The van der Waals surface area contributed by atoms with Crippen molar-refractivity contribution in [2.45, 2.75) is 61.9 Å². The molecule has 3 heterocycles. The van der Waals surface area contributed by atoms with Crippen molar-refractivity contribution in [3.63, 3.8) is 0 Å². The minimum atomic E-state index is -3.09. The maximum Gasteiger partial charge on any atom is 0.225 e. The molecule has 2 aliphatic heterocycles.